The summed E-state index contributed by atoms with van der Waals surface area (Å²) in [7, 11) is 0. The van der Waals surface area contributed by atoms with Crippen LogP contribution in [0, 0.1) is 15.3 Å². The molecule has 8 nitrogen and oxygen atoms in total. The lowest BCUT2D eigenvalue weighted by atomic mass is 10.2. The zero-order valence-electron chi connectivity index (χ0n) is 10.2. The summed E-state index contributed by atoms with van der Waals surface area (Å²) in [5, 5.41) is 26.5. The molecule has 19 heavy (non-hydrogen) atoms. The van der Waals surface area contributed by atoms with E-state index in [1.54, 1.807) is 6.92 Å². The number of hydrogen-bond acceptors (Lipinski definition) is 5. The van der Waals surface area contributed by atoms with Gasteiger partial charge in [-0.05, 0) is 18.6 Å². The van der Waals surface area contributed by atoms with E-state index in [0.29, 0.717) is 15.9 Å². The van der Waals surface area contributed by atoms with Crippen LogP contribution in [-0.2, 0) is 4.79 Å². The summed E-state index contributed by atoms with van der Waals surface area (Å²) in [6.07, 6.45) is 1.28. The lowest BCUT2D eigenvalue weighted by Crippen LogP contribution is -2.35. The molecule has 98 valence electrons. The third-order valence-corrected chi connectivity index (χ3v) is 2.64. The third-order valence-electron chi connectivity index (χ3n) is 2.64. The fraction of sp³-hybridized carbons (Fsp3) is 0.182. The Morgan fingerprint density at radius 2 is 2.16 bits per heavy atom. The molecule has 0 aliphatic rings. The van der Waals surface area contributed by atoms with Crippen molar-refractivity contribution in [3.8, 4) is 0 Å². The van der Waals surface area contributed by atoms with Gasteiger partial charge in [-0.1, -0.05) is 0 Å². The number of aromatic nitrogens is 3. The zero-order chi connectivity index (χ0) is 14.2. The van der Waals surface area contributed by atoms with Crippen molar-refractivity contribution >= 4 is 28.7 Å². The maximum Gasteiger partial charge on any atom is 0.274 e. The lowest BCUT2D eigenvalue weighted by molar-refractivity contribution is -0.662. The predicted molar refractivity (Wildman–Crippen MR) is 66.0 cm³/mol. The van der Waals surface area contributed by atoms with Crippen LogP contribution >= 0.6 is 0 Å². The van der Waals surface area contributed by atoms with E-state index in [1.807, 2.05) is 0 Å². The maximum absolute atomic E-state index is 11.9. The molecule has 0 saturated carbocycles. The maximum atomic E-state index is 11.9. The van der Waals surface area contributed by atoms with Gasteiger partial charge in [0.25, 0.3) is 11.2 Å². The largest absolute Gasteiger partial charge is 0.692 e. The molecule has 0 spiro atoms. The third kappa shape index (κ3) is 2.28. The first-order chi connectivity index (χ1) is 8.90. The number of fused-ring (bicyclic) bond motifs is 1. The Morgan fingerprint density at radius 1 is 1.47 bits per heavy atom. The van der Waals surface area contributed by atoms with Crippen LogP contribution in [0.2, 0.25) is 0 Å². The van der Waals surface area contributed by atoms with Crippen LogP contribution in [0.3, 0.4) is 0 Å². The second-order valence-corrected chi connectivity index (χ2v) is 3.99. The quantitative estimate of drug-likeness (QED) is 0.270. The number of ketones is 1. The molecule has 2 aromatic rings. The molecule has 0 N–H and O–H groups in total. The molecule has 0 amide bonds. The van der Waals surface area contributed by atoms with Crippen molar-refractivity contribution in [3.05, 3.63) is 39.1 Å². The summed E-state index contributed by atoms with van der Waals surface area (Å²) in [6.45, 7) is 2.92. The van der Waals surface area contributed by atoms with Gasteiger partial charge in [0.05, 0.1) is 22.3 Å². The Kier molecular flexibility index (Phi) is 2.99. The zero-order valence-corrected chi connectivity index (χ0v) is 10.2. The van der Waals surface area contributed by atoms with E-state index < -0.39 is 4.92 Å². The topological polar surface area (TPSA) is 105 Å². The van der Waals surface area contributed by atoms with Gasteiger partial charge in [-0.2, -0.15) is 0 Å². The van der Waals surface area contributed by atoms with Gasteiger partial charge in [0, 0.05) is 17.7 Å². The van der Waals surface area contributed by atoms with Crippen LogP contribution in [0.5, 0.6) is 0 Å². The number of nitro groups is 1. The highest BCUT2D eigenvalue weighted by Crippen LogP contribution is 2.16. The molecule has 0 atom stereocenters. The molecule has 0 fully saturated rings. The van der Waals surface area contributed by atoms with Crippen molar-refractivity contribution in [1.29, 1.82) is 0 Å². The van der Waals surface area contributed by atoms with Crippen LogP contribution in [0.15, 0.2) is 23.8 Å². The molecule has 0 saturated heterocycles. The van der Waals surface area contributed by atoms with Gasteiger partial charge in [0.1, 0.15) is 0 Å². The van der Waals surface area contributed by atoms with Crippen molar-refractivity contribution in [2.45, 2.75) is 13.8 Å². The number of hydrogen-bond donors (Lipinski definition) is 0. The Labute approximate surface area is 107 Å². The smallest absolute Gasteiger partial charge is 0.274 e. The van der Waals surface area contributed by atoms with E-state index in [0.717, 1.165) is 10.9 Å². The van der Waals surface area contributed by atoms with Gasteiger partial charge < -0.3 is 5.21 Å². The number of benzene rings is 1. The average Bonchev–Trinajstić information content (AvgIpc) is 2.66. The number of non-ortho nitro benzene ring substituents is 1. The molecule has 0 radical (unpaired) electrons. The van der Waals surface area contributed by atoms with Crippen LogP contribution in [0.4, 0.5) is 5.69 Å². The van der Waals surface area contributed by atoms with Crippen LogP contribution in [-0.4, -0.2) is 20.6 Å². The fourth-order valence-electron chi connectivity index (χ4n) is 1.47. The minimum atomic E-state index is -0.590. The van der Waals surface area contributed by atoms with Gasteiger partial charge in [-0.15, -0.1) is 4.85 Å². The van der Waals surface area contributed by atoms with Crippen molar-refractivity contribution in [2.75, 3.05) is 0 Å². The van der Waals surface area contributed by atoms with E-state index in [9.17, 15) is 20.1 Å². The number of carbonyl (C=O) groups is 1. The van der Waals surface area contributed by atoms with Gasteiger partial charge in [-0.3, -0.25) is 14.9 Å². The Balaban J connectivity index is 2.60. The number of carbonyl (C=O) groups excluding carboxylic acids is 1. The first-order valence-electron chi connectivity index (χ1n) is 5.36. The van der Waals surface area contributed by atoms with E-state index in [1.165, 1.54) is 25.3 Å². The summed E-state index contributed by atoms with van der Waals surface area (Å²) in [6, 6.07) is 3.79. The van der Waals surface area contributed by atoms with Crippen LogP contribution in [0.25, 0.3) is 17.2 Å². The molecule has 1 aromatic carbocycles. The number of allylic oxidation sites excluding steroid dienone is 1. The summed E-state index contributed by atoms with van der Waals surface area (Å²) in [4.78, 5) is 22.5. The molecular formula is C11H10N4O4. The fourth-order valence-corrected chi connectivity index (χ4v) is 1.47. The van der Waals surface area contributed by atoms with E-state index in [-0.39, 0.29) is 17.0 Å². The first kappa shape index (κ1) is 12.7. The lowest BCUT2D eigenvalue weighted by Gasteiger charge is -2.00. The van der Waals surface area contributed by atoms with Gasteiger partial charge >= 0.3 is 0 Å². The average molecular weight is 262 g/mol. The summed E-state index contributed by atoms with van der Waals surface area (Å²) in [5.41, 5.74) is 0.547. The monoisotopic (exact) mass is 262 g/mol. The number of Topliss-reactive ketones (excluding diaryl/α,β-unsaturated/α-hetero) is 1. The van der Waals surface area contributed by atoms with E-state index >= 15 is 0 Å². The normalized spacial score (nSPS) is 11.8. The standard InChI is InChI=1S/C11H10N4O4/c1-7(8(2)16)6-13-12-10-4-3-9(15(18)19)5-11(10)14(13)17/h3-6H,1-2H3/b7-6+. The number of nitrogens with zero attached hydrogens (tertiary/aromatic N) is 4. The number of rotatable bonds is 3. The van der Waals surface area contributed by atoms with Gasteiger partial charge in [-0.25, -0.2) is 0 Å². The highest BCUT2D eigenvalue weighted by Gasteiger charge is 2.17. The second kappa shape index (κ2) is 4.48. The number of nitro benzene ring substituents is 1. The molecule has 8 heteroatoms. The second-order valence-electron chi connectivity index (χ2n) is 3.99. The van der Waals surface area contributed by atoms with E-state index in [2.05, 4.69) is 5.10 Å². The van der Waals surface area contributed by atoms with Gasteiger partial charge in [0.2, 0.25) is 5.52 Å². The minimum absolute atomic E-state index is 0.0711. The summed E-state index contributed by atoms with van der Waals surface area (Å²) >= 11 is 0. The van der Waals surface area contributed by atoms with Crippen LogP contribution < -0.4 is 4.85 Å². The Bertz CT molecular complexity index is 717. The minimum Gasteiger partial charge on any atom is -0.692 e. The SMILES string of the molecule is CC(=O)/C(C)=C/n1nc2ccc([N+](=O)[O-])cc2[n+]1[O-]. The van der Waals surface area contributed by atoms with Crippen molar-refractivity contribution in [2.24, 2.45) is 0 Å². The van der Waals surface area contributed by atoms with Crippen molar-refractivity contribution in [3.63, 3.8) is 0 Å². The first-order valence-corrected chi connectivity index (χ1v) is 5.36. The molecule has 0 bridgehead atoms. The van der Waals surface area contributed by atoms with Crippen molar-refractivity contribution < 1.29 is 14.6 Å². The molecule has 0 unspecified atom stereocenters. The highest BCUT2D eigenvalue weighted by atomic mass is 16.6. The Morgan fingerprint density at radius 3 is 2.74 bits per heavy atom. The molecule has 0 aliphatic heterocycles. The van der Waals surface area contributed by atoms with Crippen LogP contribution in [0.1, 0.15) is 13.8 Å². The van der Waals surface area contributed by atoms with Gasteiger partial charge in [0.15, 0.2) is 5.78 Å². The molecule has 1 aromatic heterocycles. The molecule has 2 rings (SSSR count). The van der Waals surface area contributed by atoms with Crippen molar-refractivity contribution in [1.82, 2.24) is 9.90 Å². The molecule has 1 heterocycles. The molecule has 0 aliphatic carbocycles. The molecular weight excluding hydrogens is 252 g/mol. The summed E-state index contributed by atoms with van der Waals surface area (Å²) in [5.74, 6) is -0.189. The predicted octanol–water partition coefficient (Wildman–Crippen LogP) is 1.03. The summed E-state index contributed by atoms with van der Waals surface area (Å²) < 4.78 is 0. The highest BCUT2D eigenvalue weighted by molar-refractivity contribution is 5.95. The Hall–Kier alpha value is -2.77. The van der Waals surface area contributed by atoms with E-state index in [4.69, 9.17) is 0 Å².